The highest BCUT2D eigenvalue weighted by Crippen LogP contribution is 2.33. The lowest BCUT2D eigenvalue weighted by Crippen LogP contribution is -2.18. The first-order valence-electron chi connectivity index (χ1n) is 6.14. The van der Waals surface area contributed by atoms with Gasteiger partial charge >= 0.3 is 5.97 Å². The van der Waals surface area contributed by atoms with Crippen molar-refractivity contribution in [2.75, 3.05) is 13.7 Å². The molecule has 0 radical (unpaired) electrons. The number of carbonyl (C=O) groups is 1. The standard InChI is InChI=1S/C14H18O4/c1-9-5-6-18-13(7-9)10-3-4-12(17-2)11(8-10)14(15)16/h3-4,8-9,13H,5-7H2,1-2H3,(H,15,16). The van der Waals surface area contributed by atoms with Gasteiger partial charge in [-0.15, -0.1) is 0 Å². The summed E-state index contributed by atoms with van der Waals surface area (Å²) in [5.41, 5.74) is 1.11. The number of ether oxygens (including phenoxy) is 2. The minimum Gasteiger partial charge on any atom is -0.496 e. The van der Waals surface area contributed by atoms with Crippen LogP contribution in [-0.4, -0.2) is 24.8 Å². The third kappa shape index (κ3) is 2.64. The SMILES string of the molecule is COc1ccc(C2CC(C)CCO2)cc1C(=O)O. The molecule has 2 unspecified atom stereocenters. The van der Waals surface area contributed by atoms with Crippen molar-refractivity contribution in [1.82, 2.24) is 0 Å². The van der Waals surface area contributed by atoms with E-state index in [2.05, 4.69) is 6.92 Å². The van der Waals surface area contributed by atoms with Gasteiger partial charge in [0, 0.05) is 6.61 Å². The predicted octanol–water partition coefficient (Wildman–Crippen LogP) is 2.88. The highest BCUT2D eigenvalue weighted by Gasteiger charge is 2.23. The maximum absolute atomic E-state index is 11.2. The maximum Gasteiger partial charge on any atom is 0.339 e. The molecule has 0 saturated carbocycles. The van der Waals surface area contributed by atoms with Crippen molar-refractivity contribution in [3.63, 3.8) is 0 Å². The zero-order valence-electron chi connectivity index (χ0n) is 10.7. The van der Waals surface area contributed by atoms with Gasteiger partial charge in [-0.05, 0) is 36.5 Å². The zero-order chi connectivity index (χ0) is 13.1. The number of benzene rings is 1. The van der Waals surface area contributed by atoms with Crippen LogP contribution in [0.4, 0.5) is 0 Å². The molecule has 0 aromatic heterocycles. The minimum atomic E-state index is -0.974. The molecule has 2 atom stereocenters. The van der Waals surface area contributed by atoms with Gasteiger partial charge in [-0.1, -0.05) is 13.0 Å². The Morgan fingerprint density at radius 2 is 2.28 bits per heavy atom. The van der Waals surface area contributed by atoms with Crippen LogP contribution in [0.1, 0.15) is 41.8 Å². The highest BCUT2D eigenvalue weighted by molar-refractivity contribution is 5.91. The summed E-state index contributed by atoms with van der Waals surface area (Å²) in [6.45, 7) is 2.93. The summed E-state index contributed by atoms with van der Waals surface area (Å²) in [6, 6.07) is 5.24. The molecule has 1 aromatic carbocycles. The summed E-state index contributed by atoms with van der Waals surface area (Å²) in [7, 11) is 1.47. The molecular formula is C14H18O4. The Kier molecular flexibility index (Phi) is 3.87. The van der Waals surface area contributed by atoms with Crippen LogP contribution in [0.25, 0.3) is 0 Å². The van der Waals surface area contributed by atoms with E-state index in [4.69, 9.17) is 14.6 Å². The first-order chi connectivity index (χ1) is 8.61. The van der Waals surface area contributed by atoms with Crippen LogP contribution in [0.5, 0.6) is 5.75 Å². The summed E-state index contributed by atoms with van der Waals surface area (Å²) in [5.74, 6) is 0.0202. The van der Waals surface area contributed by atoms with Crippen LogP contribution in [0, 0.1) is 5.92 Å². The molecule has 1 fully saturated rings. The van der Waals surface area contributed by atoms with Crippen molar-refractivity contribution in [1.29, 1.82) is 0 Å². The van der Waals surface area contributed by atoms with Crippen molar-refractivity contribution >= 4 is 5.97 Å². The molecule has 18 heavy (non-hydrogen) atoms. The molecule has 0 spiro atoms. The normalized spacial score (nSPS) is 23.7. The van der Waals surface area contributed by atoms with Crippen molar-refractivity contribution < 1.29 is 19.4 Å². The summed E-state index contributed by atoms with van der Waals surface area (Å²) in [6.07, 6.45) is 2.00. The largest absolute Gasteiger partial charge is 0.496 e. The fourth-order valence-corrected chi connectivity index (χ4v) is 2.29. The molecule has 1 aliphatic heterocycles. The minimum absolute atomic E-state index is 0.00208. The van der Waals surface area contributed by atoms with Crippen molar-refractivity contribution in [2.24, 2.45) is 5.92 Å². The second kappa shape index (κ2) is 5.40. The molecule has 98 valence electrons. The van der Waals surface area contributed by atoms with E-state index in [0.717, 1.165) is 25.0 Å². The maximum atomic E-state index is 11.2. The molecule has 1 saturated heterocycles. The average molecular weight is 250 g/mol. The lowest BCUT2D eigenvalue weighted by molar-refractivity contribution is -0.00638. The monoisotopic (exact) mass is 250 g/mol. The fourth-order valence-electron chi connectivity index (χ4n) is 2.29. The lowest BCUT2D eigenvalue weighted by atomic mass is 9.92. The van der Waals surface area contributed by atoms with Crippen molar-refractivity contribution in [3.05, 3.63) is 29.3 Å². The van der Waals surface area contributed by atoms with Gasteiger partial charge in [-0.25, -0.2) is 4.79 Å². The van der Waals surface area contributed by atoms with E-state index in [-0.39, 0.29) is 11.7 Å². The molecule has 2 rings (SSSR count). The first-order valence-corrected chi connectivity index (χ1v) is 6.14. The smallest absolute Gasteiger partial charge is 0.339 e. The third-order valence-electron chi connectivity index (χ3n) is 3.37. The molecule has 4 nitrogen and oxygen atoms in total. The molecule has 1 N–H and O–H groups in total. The molecule has 1 aromatic rings. The van der Waals surface area contributed by atoms with Gasteiger partial charge in [0.25, 0.3) is 0 Å². The molecule has 1 heterocycles. The summed E-state index contributed by atoms with van der Waals surface area (Å²) in [5, 5.41) is 9.15. The number of aromatic carboxylic acids is 1. The molecule has 4 heteroatoms. The van der Waals surface area contributed by atoms with Crippen LogP contribution in [0.2, 0.25) is 0 Å². The van der Waals surface area contributed by atoms with E-state index in [0.29, 0.717) is 11.7 Å². The van der Waals surface area contributed by atoms with Gasteiger partial charge in [0.2, 0.25) is 0 Å². The fraction of sp³-hybridized carbons (Fsp3) is 0.500. The van der Waals surface area contributed by atoms with E-state index < -0.39 is 5.97 Å². The Bertz CT molecular complexity index is 441. The van der Waals surface area contributed by atoms with Crippen molar-refractivity contribution in [2.45, 2.75) is 25.9 Å². The van der Waals surface area contributed by atoms with E-state index >= 15 is 0 Å². The number of carboxylic acids is 1. The van der Waals surface area contributed by atoms with E-state index in [1.807, 2.05) is 6.07 Å². The zero-order valence-corrected chi connectivity index (χ0v) is 10.7. The average Bonchev–Trinajstić information content (AvgIpc) is 2.38. The third-order valence-corrected chi connectivity index (χ3v) is 3.37. The Balaban J connectivity index is 2.28. The van der Waals surface area contributed by atoms with Gasteiger partial charge in [-0.2, -0.15) is 0 Å². The Hall–Kier alpha value is -1.55. The quantitative estimate of drug-likeness (QED) is 0.896. The molecule has 0 aliphatic carbocycles. The molecule has 0 amide bonds. The van der Waals surface area contributed by atoms with E-state index in [9.17, 15) is 4.79 Å². The van der Waals surface area contributed by atoms with Crippen LogP contribution in [0.15, 0.2) is 18.2 Å². The number of rotatable bonds is 3. The topological polar surface area (TPSA) is 55.8 Å². The Morgan fingerprint density at radius 1 is 1.50 bits per heavy atom. The van der Waals surface area contributed by atoms with E-state index in [1.54, 1.807) is 12.1 Å². The van der Waals surface area contributed by atoms with Gasteiger partial charge in [0.05, 0.1) is 13.2 Å². The van der Waals surface area contributed by atoms with Gasteiger partial charge in [-0.3, -0.25) is 0 Å². The number of carboxylic acid groups (broad SMARTS) is 1. The van der Waals surface area contributed by atoms with Crippen LogP contribution >= 0.6 is 0 Å². The Morgan fingerprint density at radius 3 is 2.89 bits per heavy atom. The summed E-state index contributed by atoms with van der Waals surface area (Å²) >= 11 is 0. The highest BCUT2D eigenvalue weighted by atomic mass is 16.5. The number of hydrogen-bond acceptors (Lipinski definition) is 3. The second-order valence-corrected chi connectivity index (χ2v) is 4.75. The molecule has 0 bridgehead atoms. The van der Waals surface area contributed by atoms with Gasteiger partial charge < -0.3 is 14.6 Å². The van der Waals surface area contributed by atoms with Crippen molar-refractivity contribution in [3.8, 4) is 5.75 Å². The summed E-state index contributed by atoms with van der Waals surface area (Å²) in [4.78, 5) is 11.2. The summed E-state index contributed by atoms with van der Waals surface area (Å²) < 4.78 is 10.8. The van der Waals surface area contributed by atoms with Crippen LogP contribution < -0.4 is 4.74 Å². The van der Waals surface area contributed by atoms with Crippen LogP contribution in [-0.2, 0) is 4.74 Å². The predicted molar refractivity (Wildman–Crippen MR) is 67.0 cm³/mol. The molecule has 1 aliphatic rings. The van der Waals surface area contributed by atoms with Gasteiger partial charge in [0.15, 0.2) is 0 Å². The van der Waals surface area contributed by atoms with Gasteiger partial charge in [0.1, 0.15) is 11.3 Å². The number of hydrogen-bond donors (Lipinski definition) is 1. The van der Waals surface area contributed by atoms with Crippen LogP contribution in [0.3, 0.4) is 0 Å². The Labute approximate surface area is 107 Å². The molecular weight excluding hydrogens is 232 g/mol. The lowest BCUT2D eigenvalue weighted by Gasteiger charge is -2.27. The van der Waals surface area contributed by atoms with E-state index in [1.165, 1.54) is 7.11 Å². The first kappa shape index (κ1) is 12.9. The number of methoxy groups -OCH3 is 1. The second-order valence-electron chi connectivity index (χ2n) is 4.75.